The maximum atomic E-state index is 12.9. The lowest BCUT2D eigenvalue weighted by Crippen LogP contribution is -2.45. The second-order valence-corrected chi connectivity index (χ2v) is 6.14. The van der Waals surface area contributed by atoms with Crippen LogP contribution in [0.25, 0.3) is 0 Å². The molecule has 24 heavy (non-hydrogen) atoms. The Morgan fingerprint density at radius 1 is 1.08 bits per heavy atom. The summed E-state index contributed by atoms with van der Waals surface area (Å²) in [6.07, 6.45) is 0. The molecule has 0 radical (unpaired) electrons. The van der Waals surface area contributed by atoms with E-state index in [0.717, 1.165) is 5.56 Å². The first-order chi connectivity index (χ1) is 11.5. The predicted octanol–water partition coefficient (Wildman–Crippen LogP) is 2.48. The summed E-state index contributed by atoms with van der Waals surface area (Å²) in [7, 11) is 1.76. The zero-order valence-corrected chi connectivity index (χ0v) is 14.6. The number of hydrogen-bond donors (Lipinski definition) is 2. The van der Waals surface area contributed by atoms with E-state index in [1.807, 2.05) is 0 Å². The normalized spacial score (nSPS) is 10.5. The highest BCUT2D eigenvalue weighted by Gasteiger charge is 2.11. The van der Waals surface area contributed by atoms with E-state index in [9.17, 15) is 14.0 Å². The SMILES string of the molecule is CN(CC(=O)NNC(=O)c1ccccc1Br)Cc1ccc(F)cc1. The summed E-state index contributed by atoms with van der Waals surface area (Å²) in [5.41, 5.74) is 6.07. The predicted molar refractivity (Wildman–Crippen MR) is 92.5 cm³/mol. The fraction of sp³-hybridized carbons (Fsp3) is 0.176. The van der Waals surface area contributed by atoms with Gasteiger partial charge in [0.15, 0.2) is 0 Å². The van der Waals surface area contributed by atoms with Crippen molar-refractivity contribution < 1.29 is 14.0 Å². The Balaban J connectivity index is 1.79. The van der Waals surface area contributed by atoms with Gasteiger partial charge in [-0.15, -0.1) is 0 Å². The molecule has 2 aromatic carbocycles. The molecule has 2 amide bonds. The maximum absolute atomic E-state index is 12.9. The standard InChI is InChI=1S/C17H17BrFN3O2/c1-22(10-12-6-8-13(19)9-7-12)11-16(23)20-21-17(24)14-4-2-3-5-15(14)18/h2-9H,10-11H2,1H3,(H,20,23)(H,21,24). The smallest absolute Gasteiger partial charge is 0.270 e. The zero-order valence-electron chi connectivity index (χ0n) is 13.1. The second-order valence-electron chi connectivity index (χ2n) is 5.28. The average molecular weight is 394 g/mol. The number of carbonyl (C=O) groups excluding carboxylic acids is 2. The van der Waals surface area contributed by atoms with Crippen LogP contribution in [0.3, 0.4) is 0 Å². The van der Waals surface area contributed by atoms with Crippen LogP contribution in [0.4, 0.5) is 4.39 Å². The third-order valence-corrected chi connectivity index (χ3v) is 3.90. The van der Waals surface area contributed by atoms with Gasteiger partial charge in [-0.05, 0) is 52.8 Å². The molecule has 0 spiro atoms. The van der Waals surface area contributed by atoms with Gasteiger partial charge in [-0.3, -0.25) is 25.3 Å². The second kappa shape index (κ2) is 8.56. The molecule has 0 heterocycles. The van der Waals surface area contributed by atoms with Gasteiger partial charge in [-0.2, -0.15) is 0 Å². The van der Waals surface area contributed by atoms with E-state index in [-0.39, 0.29) is 18.3 Å². The molecule has 0 aliphatic carbocycles. The number of hydrogen-bond acceptors (Lipinski definition) is 3. The van der Waals surface area contributed by atoms with Crippen molar-refractivity contribution in [3.05, 3.63) is 69.9 Å². The Labute approximate surface area is 147 Å². The Bertz CT molecular complexity index is 722. The maximum Gasteiger partial charge on any atom is 0.270 e. The number of halogens is 2. The van der Waals surface area contributed by atoms with Crippen LogP contribution in [0.2, 0.25) is 0 Å². The third-order valence-electron chi connectivity index (χ3n) is 3.21. The fourth-order valence-electron chi connectivity index (χ4n) is 2.08. The highest BCUT2D eigenvalue weighted by atomic mass is 79.9. The molecule has 0 saturated heterocycles. The average Bonchev–Trinajstić information content (AvgIpc) is 2.55. The quantitative estimate of drug-likeness (QED) is 0.767. The first-order valence-electron chi connectivity index (χ1n) is 7.22. The molecule has 0 unspecified atom stereocenters. The molecular formula is C17H17BrFN3O2. The van der Waals surface area contributed by atoms with Gasteiger partial charge in [0, 0.05) is 11.0 Å². The molecule has 2 rings (SSSR count). The Hall–Kier alpha value is -2.25. The number of likely N-dealkylation sites (N-methyl/N-ethyl adjacent to an activating group) is 1. The van der Waals surface area contributed by atoms with Crippen LogP contribution in [-0.4, -0.2) is 30.3 Å². The third kappa shape index (κ3) is 5.43. The lowest BCUT2D eigenvalue weighted by atomic mass is 10.2. The number of rotatable bonds is 5. The van der Waals surface area contributed by atoms with Crippen LogP contribution < -0.4 is 10.9 Å². The summed E-state index contributed by atoms with van der Waals surface area (Å²) in [6.45, 7) is 0.583. The number of benzene rings is 2. The van der Waals surface area contributed by atoms with Crippen LogP contribution >= 0.6 is 15.9 Å². The van der Waals surface area contributed by atoms with E-state index in [4.69, 9.17) is 0 Å². The van der Waals surface area contributed by atoms with E-state index in [2.05, 4.69) is 26.8 Å². The summed E-state index contributed by atoms with van der Waals surface area (Å²) in [5, 5.41) is 0. The van der Waals surface area contributed by atoms with Gasteiger partial charge < -0.3 is 0 Å². The van der Waals surface area contributed by atoms with Crippen molar-refractivity contribution in [1.82, 2.24) is 15.8 Å². The molecule has 2 N–H and O–H groups in total. The van der Waals surface area contributed by atoms with Crippen LogP contribution in [0.15, 0.2) is 53.0 Å². The highest BCUT2D eigenvalue weighted by Crippen LogP contribution is 2.15. The number of hydrazine groups is 1. The summed E-state index contributed by atoms with van der Waals surface area (Å²) in [6, 6.07) is 13.0. The molecule has 126 valence electrons. The fourth-order valence-corrected chi connectivity index (χ4v) is 2.55. The molecule has 5 nitrogen and oxygen atoms in total. The van der Waals surface area contributed by atoms with E-state index < -0.39 is 5.91 Å². The van der Waals surface area contributed by atoms with E-state index in [1.54, 1.807) is 48.3 Å². The summed E-state index contributed by atoms with van der Waals surface area (Å²) >= 11 is 3.28. The van der Waals surface area contributed by atoms with Crippen molar-refractivity contribution in [3.63, 3.8) is 0 Å². The highest BCUT2D eigenvalue weighted by molar-refractivity contribution is 9.10. The molecule has 0 aromatic heterocycles. The molecule has 0 saturated carbocycles. The minimum absolute atomic E-state index is 0.0909. The Kier molecular flexibility index (Phi) is 6.45. The van der Waals surface area contributed by atoms with Crippen molar-refractivity contribution in [2.24, 2.45) is 0 Å². The minimum atomic E-state index is -0.406. The molecule has 7 heteroatoms. The van der Waals surface area contributed by atoms with Crippen molar-refractivity contribution in [2.75, 3.05) is 13.6 Å². The van der Waals surface area contributed by atoms with Gasteiger partial charge in [-0.1, -0.05) is 24.3 Å². The Morgan fingerprint density at radius 2 is 1.75 bits per heavy atom. The van der Waals surface area contributed by atoms with E-state index in [1.165, 1.54) is 12.1 Å². The summed E-state index contributed by atoms with van der Waals surface area (Å²) in [4.78, 5) is 25.6. The van der Waals surface area contributed by atoms with Gasteiger partial charge in [0.25, 0.3) is 11.8 Å². The lowest BCUT2D eigenvalue weighted by Gasteiger charge is -2.16. The zero-order chi connectivity index (χ0) is 17.5. The van der Waals surface area contributed by atoms with Crippen LogP contribution in [0.1, 0.15) is 15.9 Å². The van der Waals surface area contributed by atoms with Crippen LogP contribution in [0, 0.1) is 5.82 Å². The number of nitrogens with zero attached hydrogens (tertiary/aromatic N) is 1. The van der Waals surface area contributed by atoms with Crippen molar-refractivity contribution >= 4 is 27.7 Å². The summed E-state index contributed by atoms with van der Waals surface area (Å²) in [5.74, 6) is -1.05. The van der Waals surface area contributed by atoms with E-state index >= 15 is 0 Å². The number of amides is 2. The van der Waals surface area contributed by atoms with Crippen LogP contribution in [-0.2, 0) is 11.3 Å². The van der Waals surface area contributed by atoms with Gasteiger partial charge in [0.2, 0.25) is 0 Å². The van der Waals surface area contributed by atoms with E-state index in [0.29, 0.717) is 16.6 Å². The van der Waals surface area contributed by atoms with Crippen molar-refractivity contribution in [1.29, 1.82) is 0 Å². The Morgan fingerprint density at radius 3 is 2.42 bits per heavy atom. The molecule has 0 aliphatic heterocycles. The van der Waals surface area contributed by atoms with Crippen molar-refractivity contribution in [3.8, 4) is 0 Å². The molecular weight excluding hydrogens is 377 g/mol. The van der Waals surface area contributed by atoms with Crippen LogP contribution in [0.5, 0.6) is 0 Å². The largest absolute Gasteiger partial charge is 0.293 e. The van der Waals surface area contributed by atoms with Gasteiger partial charge in [0.1, 0.15) is 5.82 Å². The van der Waals surface area contributed by atoms with Gasteiger partial charge in [-0.25, -0.2) is 4.39 Å². The number of nitrogens with one attached hydrogen (secondary N) is 2. The number of carbonyl (C=O) groups is 2. The minimum Gasteiger partial charge on any atom is -0.293 e. The van der Waals surface area contributed by atoms with Gasteiger partial charge >= 0.3 is 0 Å². The monoisotopic (exact) mass is 393 g/mol. The molecule has 2 aromatic rings. The lowest BCUT2D eigenvalue weighted by molar-refractivity contribution is -0.122. The van der Waals surface area contributed by atoms with Gasteiger partial charge in [0.05, 0.1) is 12.1 Å². The molecule has 0 fully saturated rings. The first-order valence-corrected chi connectivity index (χ1v) is 8.01. The first kappa shape index (κ1) is 18.1. The molecule has 0 aliphatic rings. The molecule has 0 atom stereocenters. The topological polar surface area (TPSA) is 61.4 Å². The van der Waals surface area contributed by atoms with Crippen molar-refractivity contribution in [2.45, 2.75) is 6.54 Å². The summed E-state index contributed by atoms with van der Waals surface area (Å²) < 4.78 is 13.5. The molecule has 0 bridgehead atoms.